The fraction of sp³-hybridized carbons (Fsp3) is 0.600. The molecule has 1 aliphatic heterocycles. The molecule has 0 bridgehead atoms. The highest BCUT2D eigenvalue weighted by Crippen LogP contribution is 2.21. The van der Waals surface area contributed by atoms with E-state index in [-0.39, 0.29) is 0 Å². The second-order valence-corrected chi connectivity index (χ2v) is 6.05. The third-order valence-electron chi connectivity index (χ3n) is 3.60. The molecule has 1 aromatic carbocycles. The van der Waals surface area contributed by atoms with Gasteiger partial charge < -0.3 is 4.90 Å². The first-order chi connectivity index (χ1) is 8.38. The van der Waals surface area contributed by atoms with Crippen molar-refractivity contribution < 1.29 is 0 Å². The zero-order chi connectivity index (χ0) is 11.9. The maximum Gasteiger partial charge on any atom is 0.0108 e. The fourth-order valence-corrected chi connectivity index (χ4v) is 3.43. The minimum Gasteiger partial charge on any atom is -0.302 e. The molecule has 0 N–H and O–H groups in total. The number of hydrogen-bond donors (Lipinski definition) is 0. The normalized spacial score (nSPS) is 21.6. The zero-order valence-corrected chi connectivity index (χ0v) is 11.6. The zero-order valence-electron chi connectivity index (χ0n) is 10.8. The lowest BCUT2D eigenvalue weighted by atomic mass is 9.96. The average Bonchev–Trinajstić information content (AvgIpc) is 2.40. The topological polar surface area (TPSA) is 3.24 Å². The van der Waals surface area contributed by atoms with E-state index in [1.165, 1.54) is 49.5 Å². The van der Waals surface area contributed by atoms with Crippen molar-refractivity contribution in [3.05, 3.63) is 30.3 Å². The molecular weight excluding hydrogens is 226 g/mol. The molecule has 17 heavy (non-hydrogen) atoms. The number of hydrogen-bond acceptors (Lipinski definition) is 2. The lowest BCUT2D eigenvalue weighted by Gasteiger charge is -2.32. The third-order valence-corrected chi connectivity index (χ3v) is 4.59. The summed E-state index contributed by atoms with van der Waals surface area (Å²) in [4.78, 5) is 4.05. The van der Waals surface area contributed by atoms with Crippen LogP contribution in [-0.2, 0) is 0 Å². The van der Waals surface area contributed by atoms with Gasteiger partial charge in [-0.15, -0.1) is 11.8 Å². The van der Waals surface area contributed by atoms with Gasteiger partial charge in [-0.1, -0.05) is 31.5 Å². The average molecular weight is 249 g/mol. The highest BCUT2D eigenvalue weighted by Gasteiger charge is 2.17. The number of thioether (sulfide) groups is 1. The summed E-state index contributed by atoms with van der Waals surface area (Å²) in [5.74, 6) is 2.17. The monoisotopic (exact) mass is 249 g/mol. The first kappa shape index (κ1) is 13.0. The number of likely N-dealkylation sites (tertiary alicyclic amines) is 1. The van der Waals surface area contributed by atoms with Gasteiger partial charge in [0, 0.05) is 23.7 Å². The smallest absolute Gasteiger partial charge is 0.0108 e. The molecule has 1 aromatic rings. The van der Waals surface area contributed by atoms with Crippen molar-refractivity contribution in [3.63, 3.8) is 0 Å². The second-order valence-electron chi connectivity index (χ2n) is 4.88. The Kier molecular flexibility index (Phi) is 5.40. The molecule has 1 saturated heterocycles. The molecule has 1 atom stereocenters. The third kappa shape index (κ3) is 4.36. The van der Waals surface area contributed by atoms with Crippen LogP contribution in [0.2, 0.25) is 0 Å². The van der Waals surface area contributed by atoms with Crippen LogP contribution in [0.1, 0.15) is 26.2 Å². The first-order valence-corrected chi connectivity index (χ1v) is 7.77. The Morgan fingerprint density at radius 2 is 2.12 bits per heavy atom. The predicted molar refractivity (Wildman–Crippen MR) is 76.6 cm³/mol. The molecule has 0 aromatic heterocycles. The molecule has 0 radical (unpaired) electrons. The Morgan fingerprint density at radius 1 is 1.29 bits per heavy atom. The summed E-state index contributed by atoms with van der Waals surface area (Å²) >= 11 is 1.98. The summed E-state index contributed by atoms with van der Waals surface area (Å²) in [5, 5.41) is 0. The quantitative estimate of drug-likeness (QED) is 0.728. The maximum absolute atomic E-state index is 2.65. The molecule has 94 valence electrons. The van der Waals surface area contributed by atoms with E-state index in [0.717, 1.165) is 5.92 Å². The molecule has 0 spiro atoms. The molecule has 1 heterocycles. The molecule has 0 amide bonds. The van der Waals surface area contributed by atoms with E-state index in [1.807, 2.05) is 11.8 Å². The van der Waals surface area contributed by atoms with Gasteiger partial charge >= 0.3 is 0 Å². The van der Waals surface area contributed by atoms with Crippen molar-refractivity contribution >= 4 is 11.8 Å². The molecule has 2 heteroatoms. The van der Waals surface area contributed by atoms with Gasteiger partial charge in [0.25, 0.3) is 0 Å². The standard InChI is InChI=1S/C15H23NS/c1-2-14-7-6-10-16(13-14)11-12-17-15-8-4-3-5-9-15/h3-5,8-9,14H,2,6-7,10-13H2,1H3. The van der Waals surface area contributed by atoms with E-state index in [2.05, 4.69) is 42.2 Å². The Morgan fingerprint density at radius 3 is 2.88 bits per heavy atom. The highest BCUT2D eigenvalue weighted by atomic mass is 32.2. The molecular formula is C15H23NS. The number of benzene rings is 1. The molecule has 1 nitrogen and oxygen atoms in total. The molecule has 2 rings (SSSR count). The number of piperidine rings is 1. The van der Waals surface area contributed by atoms with Crippen LogP contribution in [0, 0.1) is 5.92 Å². The Balaban J connectivity index is 1.68. The fourth-order valence-electron chi connectivity index (χ4n) is 2.50. The predicted octanol–water partition coefficient (Wildman–Crippen LogP) is 3.90. The van der Waals surface area contributed by atoms with E-state index in [9.17, 15) is 0 Å². The maximum atomic E-state index is 2.65. The largest absolute Gasteiger partial charge is 0.302 e. The van der Waals surface area contributed by atoms with Crippen molar-refractivity contribution in [2.75, 3.05) is 25.4 Å². The second kappa shape index (κ2) is 7.07. The molecule has 0 saturated carbocycles. The van der Waals surface area contributed by atoms with Crippen LogP contribution in [0.4, 0.5) is 0 Å². The Labute approximate surface area is 110 Å². The summed E-state index contributed by atoms with van der Waals surface area (Å²) in [7, 11) is 0. The van der Waals surface area contributed by atoms with Crippen molar-refractivity contribution in [2.24, 2.45) is 5.92 Å². The van der Waals surface area contributed by atoms with E-state index in [4.69, 9.17) is 0 Å². The minimum atomic E-state index is 0.950. The molecule has 0 aliphatic carbocycles. The first-order valence-electron chi connectivity index (χ1n) is 6.78. The lowest BCUT2D eigenvalue weighted by molar-refractivity contribution is 0.181. The summed E-state index contributed by atoms with van der Waals surface area (Å²) in [6, 6.07) is 10.7. The van der Waals surface area contributed by atoms with Gasteiger partial charge in [-0.3, -0.25) is 0 Å². The van der Waals surface area contributed by atoms with E-state index < -0.39 is 0 Å². The van der Waals surface area contributed by atoms with Crippen LogP contribution < -0.4 is 0 Å². The number of nitrogens with zero attached hydrogens (tertiary/aromatic N) is 1. The summed E-state index contributed by atoms with van der Waals surface area (Å²) in [5.41, 5.74) is 0. The van der Waals surface area contributed by atoms with Crippen LogP contribution >= 0.6 is 11.8 Å². The molecule has 1 aliphatic rings. The van der Waals surface area contributed by atoms with Crippen LogP contribution in [0.25, 0.3) is 0 Å². The van der Waals surface area contributed by atoms with Gasteiger partial charge in [-0.05, 0) is 37.4 Å². The van der Waals surface area contributed by atoms with Crippen LogP contribution in [0.15, 0.2) is 35.2 Å². The molecule has 1 unspecified atom stereocenters. The van der Waals surface area contributed by atoms with Crippen LogP contribution in [0.5, 0.6) is 0 Å². The van der Waals surface area contributed by atoms with E-state index >= 15 is 0 Å². The van der Waals surface area contributed by atoms with Crippen molar-refractivity contribution in [1.29, 1.82) is 0 Å². The van der Waals surface area contributed by atoms with Crippen molar-refractivity contribution in [2.45, 2.75) is 31.1 Å². The summed E-state index contributed by atoms with van der Waals surface area (Å²) in [6.07, 6.45) is 4.19. The van der Waals surface area contributed by atoms with Gasteiger partial charge in [0.15, 0.2) is 0 Å². The van der Waals surface area contributed by atoms with Crippen LogP contribution in [-0.4, -0.2) is 30.3 Å². The SMILES string of the molecule is CCC1CCCN(CCSc2ccccc2)C1. The van der Waals surface area contributed by atoms with Crippen molar-refractivity contribution in [1.82, 2.24) is 4.90 Å². The Bertz CT molecular complexity index is 312. The van der Waals surface area contributed by atoms with Gasteiger partial charge in [-0.2, -0.15) is 0 Å². The molecule has 1 fully saturated rings. The van der Waals surface area contributed by atoms with Crippen LogP contribution in [0.3, 0.4) is 0 Å². The summed E-state index contributed by atoms with van der Waals surface area (Å²) in [6.45, 7) is 6.21. The summed E-state index contributed by atoms with van der Waals surface area (Å²) < 4.78 is 0. The van der Waals surface area contributed by atoms with Crippen molar-refractivity contribution in [3.8, 4) is 0 Å². The Hall–Kier alpha value is -0.470. The highest BCUT2D eigenvalue weighted by molar-refractivity contribution is 7.99. The van der Waals surface area contributed by atoms with Gasteiger partial charge in [0.1, 0.15) is 0 Å². The van der Waals surface area contributed by atoms with E-state index in [0.29, 0.717) is 0 Å². The minimum absolute atomic E-state index is 0.950. The lowest BCUT2D eigenvalue weighted by Crippen LogP contribution is -2.36. The van der Waals surface area contributed by atoms with Gasteiger partial charge in [0.2, 0.25) is 0 Å². The van der Waals surface area contributed by atoms with Gasteiger partial charge in [-0.25, -0.2) is 0 Å². The number of rotatable bonds is 5. The van der Waals surface area contributed by atoms with E-state index in [1.54, 1.807) is 0 Å². The van der Waals surface area contributed by atoms with Gasteiger partial charge in [0.05, 0.1) is 0 Å².